The number of ether oxygens (including phenoxy) is 2. The third-order valence-corrected chi connectivity index (χ3v) is 8.23. The molecule has 5 rings (SSSR count). The number of rotatable bonds is 7. The van der Waals surface area contributed by atoms with Gasteiger partial charge in [-0.1, -0.05) is 28.6 Å². The summed E-state index contributed by atoms with van der Waals surface area (Å²) in [5.41, 5.74) is 6.83. The molecule has 0 bridgehead atoms. The Kier molecular flexibility index (Phi) is 7.31. The second-order valence-corrected chi connectivity index (χ2v) is 10.9. The monoisotopic (exact) mass is 553 g/mol. The molecule has 0 aliphatic carbocycles. The minimum atomic E-state index is -1.12. The Morgan fingerprint density at radius 3 is 2.86 bits per heavy atom. The van der Waals surface area contributed by atoms with E-state index in [9.17, 15) is 10.2 Å². The highest BCUT2D eigenvalue weighted by Gasteiger charge is 2.47. The van der Waals surface area contributed by atoms with E-state index >= 15 is 0 Å². The van der Waals surface area contributed by atoms with Gasteiger partial charge in [-0.25, -0.2) is 14.6 Å². The SMILES string of the molecule is COC1C(n2cc(-c3csc(N)n3)nn2)[C@@H](O)C(CO)O[C@@H]1Sc1cc(Cl)cnc1-c1nccs1. The molecule has 1 aliphatic heterocycles. The Morgan fingerprint density at radius 2 is 2.17 bits per heavy atom. The van der Waals surface area contributed by atoms with Crippen LogP contribution in [0.1, 0.15) is 6.04 Å². The number of nitrogens with zero attached hydrogens (tertiary/aromatic N) is 6. The number of pyridine rings is 1. The summed E-state index contributed by atoms with van der Waals surface area (Å²) < 4.78 is 13.4. The number of anilines is 1. The number of methoxy groups -OCH3 is 1. The van der Waals surface area contributed by atoms with E-state index in [1.807, 2.05) is 5.38 Å². The summed E-state index contributed by atoms with van der Waals surface area (Å²) in [7, 11) is 1.53. The highest BCUT2D eigenvalue weighted by Crippen LogP contribution is 2.42. The zero-order valence-corrected chi connectivity index (χ0v) is 21.3. The van der Waals surface area contributed by atoms with Crippen LogP contribution in [-0.4, -0.2) is 77.6 Å². The number of thioether (sulfide) groups is 1. The van der Waals surface area contributed by atoms with Gasteiger partial charge in [0.25, 0.3) is 0 Å². The van der Waals surface area contributed by atoms with E-state index < -0.39 is 36.4 Å². The van der Waals surface area contributed by atoms with Gasteiger partial charge in [0.15, 0.2) is 5.13 Å². The summed E-state index contributed by atoms with van der Waals surface area (Å²) in [4.78, 5) is 13.8. The van der Waals surface area contributed by atoms with Crippen LogP contribution in [0.5, 0.6) is 0 Å². The largest absolute Gasteiger partial charge is 0.394 e. The smallest absolute Gasteiger partial charge is 0.180 e. The van der Waals surface area contributed by atoms with E-state index in [2.05, 4.69) is 25.3 Å². The van der Waals surface area contributed by atoms with Gasteiger partial charge in [0.2, 0.25) is 0 Å². The Balaban J connectivity index is 1.49. The van der Waals surface area contributed by atoms with E-state index in [1.54, 1.807) is 30.0 Å². The zero-order chi connectivity index (χ0) is 24.5. The maximum atomic E-state index is 11.1. The fourth-order valence-corrected chi connectivity index (χ4v) is 6.59. The van der Waals surface area contributed by atoms with Crippen LogP contribution in [0.4, 0.5) is 5.13 Å². The van der Waals surface area contributed by atoms with Crippen molar-refractivity contribution in [2.45, 2.75) is 34.7 Å². The van der Waals surface area contributed by atoms with Crippen molar-refractivity contribution < 1.29 is 19.7 Å². The van der Waals surface area contributed by atoms with Gasteiger partial charge in [-0.3, -0.25) is 4.98 Å². The molecule has 4 aromatic heterocycles. The first kappa shape index (κ1) is 24.5. The van der Waals surface area contributed by atoms with Gasteiger partial charge in [-0.05, 0) is 6.07 Å². The molecule has 0 aromatic carbocycles. The molecule has 5 atom stereocenters. The maximum absolute atomic E-state index is 11.1. The van der Waals surface area contributed by atoms with Gasteiger partial charge in [0.1, 0.15) is 51.9 Å². The van der Waals surface area contributed by atoms with Crippen molar-refractivity contribution in [3.63, 3.8) is 0 Å². The molecule has 4 aromatic rings. The number of aliphatic hydroxyl groups excluding tert-OH is 2. The molecular formula is C20H20ClN7O4S3. The molecule has 1 saturated heterocycles. The molecule has 1 fully saturated rings. The average Bonchev–Trinajstić information content (AvgIpc) is 3.62. The first-order valence-electron chi connectivity index (χ1n) is 10.3. The van der Waals surface area contributed by atoms with Gasteiger partial charge in [0.05, 0.1) is 17.8 Å². The maximum Gasteiger partial charge on any atom is 0.180 e. The molecule has 1 aliphatic rings. The lowest BCUT2D eigenvalue weighted by atomic mass is 9.97. The van der Waals surface area contributed by atoms with Crippen LogP contribution in [0.2, 0.25) is 5.02 Å². The molecule has 3 unspecified atom stereocenters. The van der Waals surface area contributed by atoms with Crippen molar-refractivity contribution in [2.24, 2.45) is 0 Å². The summed E-state index contributed by atoms with van der Waals surface area (Å²) in [6.07, 6.45) is 2.25. The predicted octanol–water partition coefficient (Wildman–Crippen LogP) is 2.58. The van der Waals surface area contributed by atoms with Gasteiger partial charge in [0, 0.05) is 35.2 Å². The number of hydrogen-bond donors (Lipinski definition) is 3. The van der Waals surface area contributed by atoms with Crippen LogP contribution < -0.4 is 5.73 Å². The number of halogens is 1. The molecular weight excluding hydrogens is 534 g/mol. The molecule has 15 heteroatoms. The lowest BCUT2D eigenvalue weighted by molar-refractivity contribution is -0.186. The molecule has 0 amide bonds. The molecule has 0 saturated carbocycles. The van der Waals surface area contributed by atoms with Crippen LogP contribution in [0.3, 0.4) is 0 Å². The number of aliphatic hydroxyl groups is 2. The predicted molar refractivity (Wildman–Crippen MR) is 133 cm³/mol. The van der Waals surface area contributed by atoms with Crippen molar-refractivity contribution in [3.05, 3.63) is 40.4 Å². The van der Waals surface area contributed by atoms with Crippen LogP contribution in [0.25, 0.3) is 22.1 Å². The molecule has 0 spiro atoms. The van der Waals surface area contributed by atoms with Crippen molar-refractivity contribution in [1.29, 1.82) is 0 Å². The molecule has 184 valence electrons. The fourth-order valence-electron chi connectivity index (χ4n) is 3.79. The normalized spacial score (nSPS) is 24.6. The Labute approximate surface area is 216 Å². The van der Waals surface area contributed by atoms with E-state index in [0.717, 1.165) is 9.90 Å². The van der Waals surface area contributed by atoms with Gasteiger partial charge < -0.3 is 25.4 Å². The Morgan fingerprint density at radius 1 is 1.31 bits per heavy atom. The fraction of sp³-hybridized carbons (Fsp3) is 0.350. The highest BCUT2D eigenvalue weighted by atomic mass is 35.5. The van der Waals surface area contributed by atoms with Crippen molar-refractivity contribution in [1.82, 2.24) is 29.9 Å². The topological polar surface area (TPSA) is 154 Å². The van der Waals surface area contributed by atoms with E-state index in [0.29, 0.717) is 27.2 Å². The van der Waals surface area contributed by atoms with Crippen molar-refractivity contribution >= 4 is 51.2 Å². The summed E-state index contributed by atoms with van der Waals surface area (Å²) >= 11 is 10.3. The number of nitrogen functional groups attached to an aromatic ring is 1. The van der Waals surface area contributed by atoms with Crippen LogP contribution in [-0.2, 0) is 9.47 Å². The van der Waals surface area contributed by atoms with Crippen LogP contribution >= 0.6 is 46.0 Å². The molecule has 0 radical (unpaired) electrons. The van der Waals surface area contributed by atoms with Crippen LogP contribution in [0.15, 0.2) is 40.3 Å². The lowest BCUT2D eigenvalue weighted by Gasteiger charge is -2.43. The van der Waals surface area contributed by atoms with Gasteiger partial charge in [-0.15, -0.1) is 27.8 Å². The Hall–Kier alpha value is -2.17. The Bertz CT molecular complexity index is 1290. The second-order valence-electron chi connectivity index (χ2n) is 7.52. The number of thiazole rings is 2. The van der Waals surface area contributed by atoms with Gasteiger partial charge in [-0.2, -0.15) is 0 Å². The summed E-state index contributed by atoms with van der Waals surface area (Å²) in [6, 6.07) is 1.07. The lowest BCUT2D eigenvalue weighted by Crippen LogP contribution is -2.55. The summed E-state index contributed by atoms with van der Waals surface area (Å²) in [5, 5.41) is 34.7. The van der Waals surface area contributed by atoms with E-state index in [1.165, 1.54) is 46.2 Å². The quantitative estimate of drug-likeness (QED) is 0.309. The minimum Gasteiger partial charge on any atom is -0.394 e. The summed E-state index contributed by atoms with van der Waals surface area (Å²) in [6.45, 7) is -0.400. The average molecular weight is 554 g/mol. The number of aromatic nitrogens is 6. The third kappa shape index (κ3) is 4.93. The molecule has 11 nitrogen and oxygen atoms in total. The zero-order valence-electron chi connectivity index (χ0n) is 18.1. The molecule has 5 heterocycles. The van der Waals surface area contributed by atoms with Crippen molar-refractivity contribution in [3.8, 4) is 22.1 Å². The minimum absolute atomic E-state index is 0.400. The van der Waals surface area contributed by atoms with E-state index in [4.69, 9.17) is 26.8 Å². The molecule has 4 N–H and O–H groups in total. The number of hydrogen-bond acceptors (Lipinski definition) is 13. The van der Waals surface area contributed by atoms with Crippen LogP contribution in [0, 0.1) is 0 Å². The third-order valence-electron chi connectivity index (χ3n) is 5.39. The second kappa shape index (κ2) is 10.4. The number of nitrogens with two attached hydrogens (primary N) is 1. The standard InChI is InChI=1S/C20H20ClN7O4S3/c1-31-17-15(28-6-10(26-27-28)11-8-34-20(22)25-11)16(30)12(7-29)32-19(17)35-13-4-9(21)5-24-14(13)18-23-2-3-33-18/h2-6,8,12,15-17,19,29-30H,7H2,1H3,(H2,22,25)/t12?,15?,16-,17?,19+/m0/s1. The first-order valence-corrected chi connectivity index (χ1v) is 13.3. The van der Waals surface area contributed by atoms with Crippen molar-refractivity contribution in [2.75, 3.05) is 19.5 Å². The first-order chi connectivity index (χ1) is 17.0. The molecule has 35 heavy (non-hydrogen) atoms. The summed E-state index contributed by atoms with van der Waals surface area (Å²) in [5.74, 6) is 0. The van der Waals surface area contributed by atoms with E-state index in [-0.39, 0.29) is 0 Å². The highest BCUT2D eigenvalue weighted by molar-refractivity contribution is 8.00. The van der Waals surface area contributed by atoms with Gasteiger partial charge >= 0.3 is 0 Å².